The highest BCUT2D eigenvalue weighted by atomic mass is 16.5. The van der Waals surface area contributed by atoms with Crippen molar-refractivity contribution in [3.05, 3.63) is 41.5 Å². The fraction of sp³-hybridized carbons (Fsp3) is 0.500. The quantitative estimate of drug-likeness (QED) is 0.722. The van der Waals surface area contributed by atoms with E-state index in [1.165, 1.54) is 0 Å². The molecule has 0 atom stereocenters. The number of likely N-dealkylation sites (tertiary alicyclic amines) is 1. The summed E-state index contributed by atoms with van der Waals surface area (Å²) < 4.78 is 10.5. The SMILES string of the molecule is COc1ccc(C(=O)N2CC(c3nc(CCN(C)C(=O)C4CC4)no3)C2)cc1. The first-order valence-electron chi connectivity index (χ1n) is 9.56. The monoisotopic (exact) mass is 384 g/mol. The summed E-state index contributed by atoms with van der Waals surface area (Å²) in [6, 6.07) is 7.08. The number of amides is 2. The number of nitrogens with zero attached hydrogens (tertiary/aromatic N) is 4. The van der Waals surface area contributed by atoms with Gasteiger partial charge in [-0.2, -0.15) is 4.98 Å². The molecule has 8 nitrogen and oxygen atoms in total. The Morgan fingerprint density at radius 2 is 1.96 bits per heavy atom. The lowest BCUT2D eigenvalue weighted by molar-refractivity contribution is -0.131. The maximum Gasteiger partial charge on any atom is 0.253 e. The van der Waals surface area contributed by atoms with Crippen LogP contribution in [0.1, 0.15) is 40.8 Å². The number of methoxy groups -OCH3 is 1. The Labute approximate surface area is 163 Å². The van der Waals surface area contributed by atoms with Crippen molar-refractivity contribution in [1.29, 1.82) is 0 Å². The van der Waals surface area contributed by atoms with E-state index in [9.17, 15) is 9.59 Å². The molecule has 8 heteroatoms. The molecule has 0 unspecified atom stereocenters. The Hall–Kier alpha value is -2.90. The van der Waals surface area contributed by atoms with Crippen molar-refractivity contribution in [2.24, 2.45) is 5.92 Å². The Kier molecular flexibility index (Phi) is 5.02. The van der Waals surface area contributed by atoms with Crippen LogP contribution in [0.25, 0.3) is 0 Å². The molecule has 148 valence electrons. The molecule has 1 aromatic heterocycles. The Balaban J connectivity index is 1.26. The van der Waals surface area contributed by atoms with Crippen molar-refractivity contribution < 1.29 is 18.8 Å². The van der Waals surface area contributed by atoms with Crippen LogP contribution in [0.4, 0.5) is 0 Å². The molecule has 2 heterocycles. The molecule has 0 bridgehead atoms. The van der Waals surface area contributed by atoms with Crippen molar-refractivity contribution in [2.75, 3.05) is 33.8 Å². The zero-order valence-electron chi connectivity index (χ0n) is 16.1. The second-order valence-electron chi connectivity index (χ2n) is 7.47. The third-order valence-corrected chi connectivity index (χ3v) is 5.31. The first-order chi connectivity index (χ1) is 13.5. The van der Waals surface area contributed by atoms with Gasteiger partial charge in [0.2, 0.25) is 11.8 Å². The van der Waals surface area contributed by atoms with Crippen molar-refractivity contribution in [2.45, 2.75) is 25.2 Å². The van der Waals surface area contributed by atoms with Gasteiger partial charge in [0.1, 0.15) is 5.75 Å². The van der Waals surface area contributed by atoms with Gasteiger partial charge in [-0.3, -0.25) is 9.59 Å². The number of likely N-dealkylation sites (N-methyl/N-ethyl adjacent to an activating group) is 1. The summed E-state index contributed by atoms with van der Waals surface area (Å²) in [5.41, 5.74) is 0.633. The zero-order chi connectivity index (χ0) is 19.7. The number of carbonyl (C=O) groups is 2. The summed E-state index contributed by atoms with van der Waals surface area (Å²) in [7, 11) is 3.41. The van der Waals surface area contributed by atoms with Crippen molar-refractivity contribution in [1.82, 2.24) is 19.9 Å². The number of hydrogen-bond acceptors (Lipinski definition) is 6. The molecule has 2 amide bonds. The molecule has 0 spiro atoms. The van der Waals surface area contributed by atoms with Gasteiger partial charge in [-0.15, -0.1) is 0 Å². The van der Waals surface area contributed by atoms with E-state index in [-0.39, 0.29) is 23.7 Å². The first kappa shape index (κ1) is 18.5. The van der Waals surface area contributed by atoms with Gasteiger partial charge in [-0.25, -0.2) is 0 Å². The number of rotatable bonds is 7. The van der Waals surface area contributed by atoms with E-state index in [1.54, 1.807) is 41.2 Å². The highest BCUT2D eigenvalue weighted by Gasteiger charge is 2.36. The summed E-state index contributed by atoms with van der Waals surface area (Å²) in [6.45, 7) is 1.71. The predicted octanol–water partition coefficient (Wildman–Crippen LogP) is 1.73. The lowest BCUT2D eigenvalue weighted by atomic mass is 9.98. The second-order valence-corrected chi connectivity index (χ2v) is 7.47. The fourth-order valence-electron chi connectivity index (χ4n) is 3.27. The van der Waals surface area contributed by atoms with Crippen LogP contribution in [0.3, 0.4) is 0 Å². The number of benzene rings is 1. The van der Waals surface area contributed by atoms with Crippen LogP contribution in [-0.2, 0) is 11.2 Å². The molecule has 0 N–H and O–H groups in total. The number of aromatic nitrogens is 2. The van der Waals surface area contributed by atoms with Gasteiger partial charge in [0.05, 0.1) is 13.0 Å². The fourth-order valence-corrected chi connectivity index (χ4v) is 3.27. The number of ether oxygens (including phenoxy) is 1. The Bertz CT molecular complexity index is 853. The molecular formula is C20H24N4O4. The van der Waals surface area contributed by atoms with Crippen molar-refractivity contribution in [3.63, 3.8) is 0 Å². The topological polar surface area (TPSA) is 88.8 Å². The van der Waals surface area contributed by atoms with Gasteiger partial charge in [-0.05, 0) is 37.1 Å². The molecule has 2 aromatic rings. The number of hydrogen-bond donors (Lipinski definition) is 0. The van der Waals surface area contributed by atoms with Gasteiger partial charge >= 0.3 is 0 Å². The van der Waals surface area contributed by atoms with Crippen LogP contribution >= 0.6 is 0 Å². The van der Waals surface area contributed by atoms with E-state index in [4.69, 9.17) is 9.26 Å². The lowest BCUT2D eigenvalue weighted by Gasteiger charge is -2.37. The third-order valence-electron chi connectivity index (χ3n) is 5.31. The van der Waals surface area contributed by atoms with Gasteiger partial charge in [-0.1, -0.05) is 5.16 Å². The molecule has 2 fully saturated rings. The van der Waals surface area contributed by atoms with Gasteiger partial charge in [0, 0.05) is 44.6 Å². The molecule has 28 heavy (non-hydrogen) atoms. The normalized spacial score (nSPS) is 16.6. The van der Waals surface area contributed by atoms with Crippen LogP contribution in [0.15, 0.2) is 28.8 Å². The van der Waals surface area contributed by atoms with E-state index >= 15 is 0 Å². The van der Waals surface area contributed by atoms with Crippen LogP contribution < -0.4 is 4.74 Å². The Morgan fingerprint density at radius 1 is 1.25 bits per heavy atom. The summed E-state index contributed by atoms with van der Waals surface area (Å²) >= 11 is 0. The molecule has 1 saturated carbocycles. The highest BCUT2D eigenvalue weighted by molar-refractivity contribution is 5.95. The van der Waals surface area contributed by atoms with E-state index < -0.39 is 0 Å². The lowest BCUT2D eigenvalue weighted by Crippen LogP contribution is -2.48. The van der Waals surface area contributed by atoms with Crippen LogP contribution in [0, 0.1) is 5.92 Å². The second kappa shape index (κ2) is 7.61. The average molecular weight is 384 g/mol. The van der Waals surface area contributed by atoms with E-state index in [1.807, 2.05) is 7.05 Å². The average Bonchev–Trinajstić information content (AvgIpc) is 3.43. The molecule has 1 aliphatic carbocycles. The zero-order valence-corrected chi connectivity index (χ0v) is 16.1. The van der Waals surface area contributed by atoms with Crippen LogP contribution in [-0.4, -0.2) is 65.5 Å². The molecule has 1 aromatic carbocycles. The summed E-state index contributed by atoms with van der Waals surface area (Å²) in [5.74, 6) is 2.36. The Morgan fingerprint density at radius 3 is 2.61 bits per heavy atom. The minimum absolute atomic E-state index is 0.0149. The predicted molar refractivity (Wildman–Crippen MR) is 100 cm³/mol. The third kappa shape index (κ3) is 3.85. The van der Waals surface area contributed by atoms with Crippen LogP contribution in [0.2, 0.25) is 0 Å². The minimum atomic E-state index is -0.0149. The maximum absolute atomic E-state index is 12.5. The van der Waals surface area contributed by atoms with Crippen LogP contribution in [0.5, 0.6) is 5.75 Å². The smallest absolute Gasteiger partial charge is 0.253 e. The highest BCUT2D eigenvalue weighted by Crippen LogP contribution is 2.31. The largest absolute Gasteiger partial charge is 0.497 e. The maximum atomic E-state index is 12.5. The van der Waals surface area contributed by atoms with Crippen molar-refractivity contribution >= 4 is 11.8 Å². The molecule has 1 aliphatic heterocycles. The molecule has 1 saturated heterocycles. The van der Waals surface area contributed by atoms with E-state index in [0.29, 0.717) is 43.3 Å². The van der Waals surface area contributed by atoms with E-state index in [2.05, 4.69) is 10.1 Å². The minimum Gasteiger partial charge on any atom is -0.497 e. The van der Waals surface area contributed by atoms with Crippen molar-refractivity contribution in [3.8, 4) is 5.75 Å². The summed E-state index contributed by atoms with van der Waals surface area (Å²) in [4.78, 5) is 32.4. The molecule has 4 rings (SSSR count). The number of carbonyl (C=O) groups excluding carboxylic acids is 2. The van der Waals surface area contributed by atoms with E-state index in [0.717, 1.165) is 18.6 Å². The van der Waals surface area contributed by atoms with Gasteiger partial charge < -0.3 is 19.1 Å². The first-order valence-corrected chi connectivity index (χ1v) is 9.56. The molecular weight excluding hydrogens is 360 g/mol. The summed E-state index contributed by atoms with van der Waals surface area (Å²) in [5, 5.41) is 4.02. The van der Waals surface area contributed by atoms with Gasteiger partial charge in [0.25, 0.3) is 5.91 Å². The molecule has 0 radical (unpaired) electrons. The standard InChI is InChI=1S/C20H24N4O4/c1-23(19(25)13-3-4-13)10-9-17-21-18(28-22-17)15-11-24(12-15)20(26)14-5-7-16(27-2)8-6-14/h5-8,13,15H,3-4,9-12H2,1-2H3. The summed E-state index contributed by atoms with van der Waals surface area (Å²) in [6.07, 6.45) is 2.57. The van der Waals surface area contributed by atoms with Gasteiger partial charge in [0.15, 0.2) is 5.82 Å². The molecule has 2 aliphatic rings.